The van der Waals surface area contributed by atoms with Gasteiger partial charge in [-0.05, 0) is 19.0 Å². The van der Waals surface area contributed by atoms with Gasteiger partial charge in [0.1, 0.15) is 0 Å². The first-order valence-corrected chi connectivity index (χ1v) is 2.29. The van der Waals surface area contributed by atoms with E-state index in [1.165, 1.54) is 0 Å². The maximum atomic E-state index is 5.16. The number of ether oxygens (including phenoxy) is 1. The van der Waals surface area contributed by atoms with E-state index in [0.717, 1.165) is 6.42 Å². The molecule has 0 bridgehead atoms. The lowest BCUT2D eigenvalue weighted by Crippen LogP contribution is -1.94. The third-order valence-electron chi connectivity index (χ3n) is 0.566. The highest BCUT2D eigenvalue weighted by atomic mass is 16.5. The second kappa shape index (κ2) is 5.50. The standard InChI is InChI=1S/C5H11NO/c1-7-5-3-2-4-6/h3,5H,2,4,6H2,1H3/b5-3+. The third-order valence-corrected chi connectivity index (χ3v) is 0.566. The van der Waals surface area contributed by atoms with Crippen molar-refractivity contribution >= 4 is 0 Å². The molecule has 0 unspecified atom stereocenters. The number of nitrogens with two attached hydrogens (primary N) is 1. The Labute approximate surface area is 44.0 Å². The highest BCUT2D eigenvalue weighted by Crippen LogP contribution is 1.76. The van der Waals surface area contributed by atoms with Crippen LogP contribution < -0.4 is 5.73 Å². The molecule has 0 saturated heterocycles. The largest absolute Gasteiger partial charge is 0.505 e. The number of hydrogen-bond acceptors (Lipinski definition) is 2. The molecular formula is C5H11NO. The van der Waals surface area contributed by atoms with Crippen LogP contribution >= 0.6 is 0 Å². The van der Waals surface area contributed by atoms with Gasteiger partial charge in [0.25, 0.3) is 0 Å². The summed E-state index contributed by atoms with van der Waals surface area (Å²) in [6.45, 7) is 0.694. The van der Waals surface area contributed by atoms with Gasteiger partial charge < -0.3 is 10.5 Å². The lowest BCUT2D eigenvalue weighted by atomic mass is 10.4. The van der Waals surface area contributed by atoms with Crippen LogP contribution in [0.25, 0.3) is 0 Å². The second-order valence-electron chi connectivity index (χ2n) is 1.18. The summed E-state index contributed by atoms with van der Waals surface area (Å²) in [5, 5.41) is 0. The Morgan fingerprint density at radius 1 is 1.71 bits per heavy atom. The summed E-state index contributed by atoms with van der Waals surface area (Å²) in [5.41, 5.74) is 5.16. The Morgan fingerprint density at radius 3 is 2.86 bits per heavy atom. The van der Waals surface area contributed by atoms with E-state index in [0.29, 0.717) is 6.54 Å². The van der Waals surface area contributed by atoms with Crippen molar-refractivity contribution in [3.8, 4) is 0 Å². The average molecular weight is 101 g/mol. The molecule has 0 heterocycles. The molecule has 42 valence electrons. The molecule has 0 aliphatic rings. The van der Waals surface area contributed by atoms with Crippen molar-refractivity contribution in [3.63, 3.8) is 0 Å². The van der Waals surface area contributed by atoms with Gasteiger partial charge in [0, 0.05) is 0 Å². The van der Waals surface area contributed by atoms with Gasteiger partial charge in [0.15, 0.2) is 0 Å². The van der Waals surface area contributed by atoms with Crippen molar-refractivity contribution in [2.45, 2.75) is 6.42 Å². The summed E-state index contributed by atoms with van der Waals surface area (Å²) in [7, 11) is 1.62. The van der Waals surface area contributed by atoms with Crippen LogP contribution in [-0.2, 0) is 4.74 Å². The van der Waals surface area contributed by atoms with E-state index in [-0.39, 0.29) is 0 Å². The van der Waals surface area contributed by atoms with Crippen molar-refractivity contribution in [3.05, 3.63) is 12.3 Å². The molecule has 0 fully saturated rings. The van der Waals surface area contributed by atoms with Crippen molar-refractivity contribution in [1.82, 2.24) is 0 Å². The molecule has 2 heteroatoms. The number of rotatable bonds is 3. The lowest BCUT2D eigenvalue weighted by Gasteiger charge is -1.83. The molecule has 2 N–H and O–H groups in total. The van der Waals surface area contributed by atoms with Gasteiger partial charge in [-0.2, -0.15) is 0 Å². The van der Waals surface area contributed by atoms with Gasteiger partial charge in [0.2, 0.25) is 0 Å². The predicted octanol–water partition coefficient (Wildman–Crippen LogP) is 0.495. The van der Waals surface area contributed by atoms with E-state index >= 15 is 0 Å². The molecule has 0 spiro atoms. The maximum Gasteiger partial charge on any atom is 0.0785 e. The molecular weight excluding hydrogens is 90.1 g/mol. The smallest absolute Gasteiger partial charge is 0.0785 e. The normalized spacial score (nSPS) is 10.0. The summed E-state index contributed by atoms with van der Waals surface area (Å²) in [6.07, 6.45) is 4.42. The molecule has 0 rings (SSSR count). The van der Waals surface area contributed by atoms with Gasteiger partial charge >= 0.3 is 0 Å². The minimum Gasteiger partial charge on any atom is -0.505 e. The first kappa shape index (κ1) is 6.50. The average Bonchev–Trinajstić information content (AvgIpc) is 1.69. The van der Waals surface area contributed by atoms with Gasteiger partial charge in [0.05, 0.1) is 13.4 Å². The fraction of sp³-hybridized carbons (Fsp3) is 0.600. The molecule has 0 amide bonds. The molecule has 0 aliphatic carbocycles. The summed E-state index contributed by atoms with van der Waals surface area (Å²) in [5.74, 6) is 0. The van der Waals surface area contributed by atoms with Gasteiger partial charge in [-0.3, -0.25) is 0 Å². The van der Waals surface area contributed by atoms with E-state index in [4.69, 9.17) is 5.73 Å². The molecule has 7 heavy (non-hydrogen) atoms. The minimum atomic E-state index is 0.694. The number of methoxy groups -OCH3 is 1. The molecule has 0 aromatic heterocycles. The van der Waals surface area contributed by atoms with Crippen molar-refractivity contribution in [2.24, 2.45) is 5.73 Å². The first-order chi connectivity index (χ1) is 3.41. The predicted molar refractivity (Wildman–Crippen MR) is 29.8 cm³/mol. The quantitative estimate of drug-likeness (QED) is 0.525. The fourth-order valence-corrected chi connectivity index (χ4v) is 0.260. The first-order valence-electron chi connectivity index (χ1n) is 2.29. The van der Waals surface area contributed by atoms with E-state index in [9.17, 15) is 0 Å². The van der Waals surface area contributed by atoms with Crippen molar-refractivity contribution < 1.29 is 4.74 Å². The van der Waals surface area contributed by atoms with Crippen LogP contribution in [0.3, 0.4) is 0 Å². The highest BCUT2D eigenvalue weighted by Gasteiger charge is 1.67. The topological polar surface area (TPSA) is 35.2 Å². The van der Waals surface area contributed by atoms with E-state index in [2.05, 4.69) is 4.74 Å². The summed E-state index contributed by atoms with van der Waals surface area (Å²) >= 11 is 0. The van der Waals surface area contributed by atoms with Gasteiger partial charge in [-0.15, -0.1) is 0 Å². The SMILES string of the molecule is CO/C=C/CCN. The maximum absolute atomic E-state index is 5.16. The summed E-state index contributed by atoms with van der Waals surface area (Å²) in [6, 6.07) is 0. The molecule has 0 aromatic rings. The Balaban J connectivity index is 2.78. The zero-order chi connectivity index (χ0) is 5.54. The zero-order valence-corrected chi connectivity index (χ0v) is 4.55. The van der Waals surface area contributed by atoms with Crippen molar-refractivity contribution in [1.29, 1.82) is 0 Å². The molecule has 0 saturated carbocycles. The Hall–Kier alpha value is -0.500. The number of hydrogen-bond donors (Lipinski definition) is 1. The summed E-state index contributed by atoms with van der Waals surface area (Å²) < 4.78 is 4.61. The van der Waals surface area contributed by atoms with Gasteiger partial charge in [-0.1, -0.05) is 0 Å². The summed E-state index contributed by atoms with van der Waals surface area (Å²) in [4.78, 5) is 0. The van der Waals surface area contributed by atoms with Gasteiger partial charge in [-0.25, -0.2) is 0 Å². The monoisotopic (exact) mass is 101 g/mol. The molecule has 0 aromatic carbocycles. The van der Waals surface area contributed by atoms with Crippen molar-refractivity contribution in [2.75, 3.05) is 13.7 Å². The van der Waals surface area contributed by atoms with Crippen LogP contribution in [-0.4, -0.2) is 13.7 Å². The van der Waals surface area contributed by atoms with Crippen LogP contribution in [0.5, 0.6) is 0 Å². The fourth-order valence-electron chi connectivity index (χ4n) is 0.260. The highest BCUT2D eigenvalue weighted by molar-refractivity contribution is 4.72. The van der Waals surface area contributed by atoms with Crippen LogP contribution in [0.1, 0.15) is 6.42 Å². The Kier molecular flexibility index (Phi) is 5.11. The Bertz CT molecular complexity index is 52.0. The lowest BCUT2D eigenvalue weighted by molar-refractivity contribution is 0.336. The molecule has 0 atom stereocenters. The van der Waals surface area contributed by atoms with Crippen LogP contribution in [0.15, 0.2) is 12.3 Å². The van der Waals surface area contributed by atoms with E-state index < -0.39 is 0 Å². The van der Waals surface area contributed by atoms with E-state index in [1.807, 2.05) is 6.08 Å². The molecule has 0 aliphatic heterocycles. The molecule has 0 radical (unpaired) electrons. The van der Waals surface area contributed by atoms with Crippen LogP contribution in [0.4, 0.5) is 0 Å². The second-order valence-corrected chi connectivity index (χ2v) is 1.18. The van der Waals surface area contributed by atoms with Crippen LogP contribution in [0, 0.1) is 0 Å². The molecule has 2 nitrogen and oxygen atoms in total. The third kappa shape index (κ3) is 5.50. The minimum absolute atomic E-state index is 0.694. The Morgan fingerprint density at radius 2 is 2.43 bits per heavy atom. The van der Waals surface area contributed by atoms with Crippen LogP contribution in [0.2, 0.25) is 0 Å². The van der Waals surface area contributed by atoms with E-state index in [1.54, 1.807) is 13.4 Å². The zero-order valence-electron chi connectivity index (χ0n) is 4.55.